The molecule has 0 N–H and O–H groups in total. The second kappa shape index (κ2) is 56.4. The summed E-state index contributed by atoms with van der Waals surface area (Å²) in [6.45, 7) is 6.47. The van der Waals surface area contributed by atoms with Crippen LogP contribution >= 0.6 is 0 Å². The van der Waals surface area contributed by atoms with Crippen molar-refractivity contribution in [3.05, 3.63) is 72.9 Å². The number of esters is 3. The first-order valence-electron chi connectivity index (χ1n) is 28.9. The van der Waals surface area contributed by atoms with Gasteiger partial charge >= 0.3 is 17.9 Å². The van der Waals surface area contributed by atoms with Gasteiger partial charge in [-0.15, -0.1) is 0 Å². The molecule has 0 aromatic carbocycles. The van der Waals surface area contributed by atoms with Crippen LogP contribution in [0.1, 0.15) is 284 Å². The van der Waals surface area contributed by atoms with E-state index in [0.717, 1.165) is 109 Å². The smallest absolute Gasteiger partial charge is 0.306 e. The fourth-order valence-corrected chi connectivity index (χ4v) is 8.11. The van der Waals surface area contributed by atoms with Gasteiger partial charge in [0.1, 0.15) is 13.2 Å². The number of allylic oxidation sites excluding steroid dienone is 12. The van der Waals surface area contributed by atoms with Crippen LogP contribution in [-0.2, 0) is 28.6 Å². The molecule has 0 radical (unpaired) electrons. The summed E-state index contributed by atoms with van der Waals surface area (Å²) in [6.07, 6.45) is 72.1. The van der Waals surface area contributed by atoms with Crippen molar-refractivity contribution in [2.75, 3.05) is 13.2 Å². The highest BCUT2D eigenvalue weighted by Gasteiger charge is 2.19. The van der Waals surface area contributed by atoms with Gasteiger partial charge in [-0.05, 0) is 89.9 Å². The highest BCUT2D eigenvalue weighted by molar-refractivity contribution is 5.71. The molecule has 0 spiro atoms. The summed E-state index contributed by atoms with van der Waals surface area (Å²) in [5.41, 5.74) is 0. The van der Waals surface area contributed by atoms with Crippen molar-refractivity contribution in [2.24, 2.45) is 0 Å². The van der Waals surface area contributed by atoms with Gasteiger partial charge in [-0.2, -0.15) is 0 Å². The average Bonchev–Trinajstić information content (AvgIpc) is 3.34. The molecule has 1 unspecified atom stereocenters. The second-order valence-corrected chi connectivity index (χ2v) is 19.2. The zero-order valence-electron chi connectivity index (χ0n) is 44.9. The number of unbranched alkanes of at least 4 members (excludes halogenated alkanes) is 29. The average molecular weight is 950 g/mol. The van der Waals surface area contributed by atoms with Crippen LogP contribution < -0.4 is 0 Å². The SMILES string of the molecule is CC/C=C\C/C=C\C/C=C\C/C=C\CCCCCCCCCCCCCCCCC(=O)OCC(COC(=O)CCCCCCCCC)OC(=O)CCCCCCC/C=C\C/C=C\CCCCCC. The fraction of sp³-hybridized carbons (Fsp3) is 0.758. The lowest BCUT2D eigenvalue weighted by Crippen LogP contribution is -2.30. The number of hydrogen-bond acceptors (Lipinski definition) is 6. The topological polar surface area (TPSA) is 78.9 Å². The van der Waals surface area contributed by atoms with E-state index >= 15 is 0 Å². The maximum absolute atomic E-state index is 12.8. The Hall–Kier alpha value is -3.15. The minimum Gasteiger partial charge on any atom is -0.462 e. The molecule has 0 aliphatic rings. The normalized spacial score (nSPS) is 12.6. The van der Waals surface area contributed by atoms with Crippen LogP contribution in [0.15, 0.2) is 72.9 Å². The van der Waals surface area contributed by atoms with Crippen molar-refractivity contribution in [2.45, 2.75) is 290 Å². The number of hydrogen-bond donors (Lipinski definition) is 0. The van der Waals surface area contributed by atoms with Gasteiger partial charge in [-0.1, -0.05) is 248 Å². The third-order valence-electron chi connectivity index (χ3n) is 12.4. The van der Waals surface area contributed by atoms with Gasteiger partial charge < -0.3 is 14.2 Å². The zero-order chi connectivity index (χ0) is 49.3. The first-order valence-corrected chi connectivity index (χ1v) is 28.9. The molecule has 6 heteroatoms. The minimum absolute atomic E-state index is 0.0790. The molecule has 0 rings (SSSR count). The van der Waals surface area contributed by atoms with Crippen LogP contribution in [0.25, 0.3) is 0 Å². The molecule has 1 atom stereocenters. The Balaban J connectivity index is 4.13. The lowest BCUT2D eigenvalue weighted by Gasteiger charge is -2.18. The fourth-order valence-electron chi connectivity index (χ4n) is 8.11. The van der Waals surface area contributed by atoms with Crippen LogP contribution in [0.4, 0.5) is 0 Å². The van der Waals surface area contributed by atoms with Gasteiger partial charge in [0, 0.05) is 19.3 Å². The van der Waals surface area contributed by atoms with E-state index in [2.05, 4.69) is 93.7 Å². The van der Waals surface area contributed by atoms with E-state index in [1.807, 2.05) is 0 Å². The lowest BCUT2D eigenvalue weighted by atomic mass is 10.0. The van der Waals surface area contributed by atoms with E-state index in [4.69, 9.17) is 14.2 Å². The molecule has 0 fully saturated rings. The maximum Gasteiger partial charge on any atom is 0.306 e. The summed E-state index contributed by atoms with van der Waals surface area (Å²) < 4.78 is 16.8. The van der Waals surface area contributed by atoms with Crippen LogP contribution in [0, 0.1) is 0 Å². The Morgan fingerprint density at radius 1 is 0.309 bits per heavy atom. The predicted molar refractivity (Wildman–Crippen MR) is 293 cm³/mol. The van der Waals surface area contributed by atoms with E-state index in [0.29, 0.717) is 19.3 Å². The molecule has 0 saturated carbocycles. The molecule has 6 nitrogen and oxygen atoms in total. The number of carbonyl (C=O) groups is 3. The largest absolute Gasteiger partial charge is 0.462 e. The first kappa shape index (κ1) is 64.8. The molecular formula is C62H108O6. The van der Waals surface area contributed by atoms with Crippen LogP contribution in [0.5, 0.6) is 0 Å². The lowest BCUT2D eigenvalue weighted by molar-refractivity contribution is -0.167. The summed E-state index contributed by atoms with van der Waals surface area (Å²) in [5.74, 6) is -0.892. The minimum atomic E-state index is -0.779. The Kier molecular flexibility index (Phi) is 53.8. The monoisotopic (exact) mass is 949 g/mol. The van der Waals surface area contributed by atoms with Gasteiger partial charge in [0.25, 0.3) is 0 Å². The van der Waals surface area contributed by atoms with E-state index < -0.39 is 6.10 Å². The molecule has 0 amide bonds. The number of rotatable bonds is 52. The van der Waals surface area contributed by atoms with Gasteiger partial charge in [0.2, 0.25) is 0 Å². The van der Waals surface area contributed by atoms with Crippen molar-refractivity contribution >= 4 is 17.9 Å². The molecule has 68 heavy (non-hydrogen) atoms. The maximum atomic E-state index is 12.8. The van der Waals surface area contributed by atoms with E-state index in [1.165, 1.54) is 135 Å². The molecule has 0 aromatic rings. The van der Waals surface area contributed by atoms with Gasteiger partial charge in [-0.25, -0.2) is 0 Å². The summed E-state index contributed by atoms with van der Waals surface area (Å²) >= 11 is 0. The molecule has 392 valence electrons. The molecule has 0 saturated heterocycles. The number of carbonyl (C=O) groups excluding carboxylic acids is 3. The number of ether oxygens (including phenoxy) is 3. The molecule has 0 aromatic heterocycles. The summed E-state index contributed by atoms with van der Waals surface area (Å²) in [4.78, 5) is 37.9. The van der Waals surface area contributed by atoms with Gasteiger partial charge in [0.15, 0.2) is 6.10 Å². The van der Waals surface area contributed by atoms with E-state index in [-0.39, 0.29) is 31.1 Å². The molecule has 0 aliphatic heterocycles. The molecule has 0 bridgehead atoms. The summed E-state index contributed by atoms with van der Waals surface area (Å²) in [5, 5.41) is 0. The Labute approximate surface area is 421 Å². The summed E-state index contributed by atoms with van der Waals surface area (Å²) in [6, 6.07) is 0. The van der Waals surface area contributed by atoms with Gasteiger partial charge in [-0.3, -0.25) is 14.4 Å². The molecule has 0 aliphatic carbocycles. The predicted octanol–water partition coefficient (Wildman–Crippen LogP) is 19.4. The third-order valence-corrected chi connectivity index (χ3v) is 12.4. The second-order valence-electron chi connectivity index (χ2n) is 19.2. The van der Waals surface area contributed by atoms with E-state index in [1.54, 1.807) is 0 Å². The third kappa shape index (κ3) is 53.8. The summed E-state index contributed by atoms with van der Waals surface area (Å²) in [7, 11) is 0. The highest BCUT2D eigenvalue weighted by Crippen LogP contribution is 2.16. The standard InChI is InChI=1S/C62H108O6/c1-4-7-10-13-16-18-20-22-24-26-27-28-29-30-31-32-33-34-35-36-38-39-41-43-46-49-52-55-61(64)67-58-59(57-66-60(63)54-51-48-45-15-12-9-6-3)68-62(65)56-53-50-47-44-42-40-37-25-23-21-19-17-14-11-8-5-2/h7,10,16,18-19,21-22,24-25,27-28,37,59H,4-6,8-9,11-15,17,20,23,26,29-36,38-58H2,1-3H3/b10-7-,18-16-,21-19-,24-22-,28-27-,37-25-. The van der Waals surface area contributed by atoms with Crippen LogP contribution in [-0.4, -0.2) is 37.2 Å². The molecule has 0 heterocycles. The van der Waals surface area contributed by atoms with Crippen LogP contribution in [0.3, 0.4) is 0 Å². The van der Waals surface area contributed by atoms with Crippen molar-refractivity contribution in [1.29, 1.82) is 0 Å². The quantitative estimate of drug-likeness (QED) is 0.0262. The Morgan fingerprint density at radius 2 is 0.574 bits per heavy atom. The first-order chi connectivity index (χ1) is 33.5. The Bertz CT molecular complexity index is 1270. The Morgan fingerprint density at radius 3 is 0.912 bits per heavy atom. The van der Waals surface area contributed by atoms with Crippen molar-refractivity contribution in [3.63, 3.8) is 0 Å². The van der Waals surface area contributed by atoms with Crippen molar-refractivity contribution < 1.29 is 28.6 Å². The van der Waals surface area contributed by atoms with Crippen molar-refractivity contribution in [1.82, 2.24) is 0 Å². The zero-order valence-corrected chi connectivity index (χ0v) is 44.9. The molecular weight excluding hydrogens is 841 g/mol. The highest BCUT2D eigenvalue weighted by atomic mass is 16.6. The van der Waals surface area contributed by atoms with Crippen molar-refractivity contribution in [3.8, 4) is 0 Å². The van der Waals surface area contributed by atoms with Gasteiger partial charge in [0.05, 0.1) is 0 Å². The van der Waals surface area contributed by atoms with E-state index in [9.17, 15) is 14.4 Å². The van der Waals surface area contributed by atoms with Crippen LogP contribution in [0.2, 0.25) is 0 Å².